The van der Waals surface area contributed by atoms with Crippen LogP contribution in [-0.2, 0) is 0 Å². The van der Waals surface area contributed by atoms with Crippen molar-refractivity contribution in [2.24, 2.45) is 11.8 Å². The van der Waals surface area contributed by atoms with Crippen LogP contribution < -0.4 is 15.1 Å². The van der Waals surface area contributed by atoms with Gasteiger partial charge in [-0.15, -0.1) is 0 Å². The molecular weight excluding hydrogens is 677 g/mol. The van der Waals surface area contributed by atoms with Crippen LogP contribution in [0.15, 0.2) is 48.5 Å². The zero-order valence-electron chi connectivity index (χ0n) is 30.9. The minimum absolute atomic E-state index is 0.0773. The predicted molar refractivity (Wildman–Crippen MR) is 210 cm³/mol. The summed E-state index contributed by atoms with van der Waals surface area (Å²) in [5.41, 5.74) is 6.78. The lowest BCUT2D eigenvalue weighted by molar-refractivity contribution is 0.329. The number of rotatable bonds is 6. The molecule has 5 aromatic rings. The number of aromatic nitrogens is 4. The molecule has 6 heterocycles. The maximum atomic E-state index is 16.2. The van der Waals surface area contributed by atoms with Crippen LogP contribution >= 0.6 is 0 Å². The van der Waals surface area contributed by atoms with E-state index >= 15 is 8.78 Å². The largest absolute Gasteiger partial charge is 0.367 e. The van der Waals surface area contributed by atoms with Crippen molar-refractivity contribution in [2.75, 3.05) is 22.9 Å². The number of H-pyrrole nitrogens is 2. The van der Waals surface area contributed by atoms with Crippen molar-refractivity contribution in [1.82, 2.24) is 30.1 Å². The molecule has 0 bridgehead atoms. The summed E-state index contributed by atoms with van der Waals surface area (Å²) in [5.74, 6) is 2.36. The molecule has 11 heteroatoms. The third-order valence-electron chi connectivity index (χ3n) is 14.3. The number of halogens is 2. The van der Waals surface area contributed by atoms with Gasteiger partial charge in [0.05, 0.1) is 46.2 Å². The Morgan fingerprint density at radius 1 is 0.648 bits per heavy atom. The number of hydrogen-bond acceptors (Lipinski definition) is 6. The fraction of sp³-hybridized carbons (Fsp3) is 0.535. The highest BCUT2D eigenvalue weighted by Gasteiger charge is 2.43. The lowest BCUT2D eigenvalue weighted by Crippen LogP contribution is -2.31. The van der Waals surface area contributed by atoms with Gasteiger partial charge in [0.15, 0.2) is 19.6 Å². The number of piperidine rings is 1. The molecule has 11 rings (SSSR count). The first kappa shape index (κ1) is 33.4. The average Bonchev–Trinajstić information content (AvgIpc) is 4.02. The number of fused-ring (bicyclic) bond motifs is 4. The molecule has 2 aromatic heterocycles. The van der Waals surface area contributed by atoms with Gasteiger partial charge in [-0.2, -0.15) is 0 Å². The summed E-state index contributed by atoms with van der Waals surface area (Å²) in [6, 6.07) is 17.3. The van der Waals surface area contributed by atoms with Crippen LogP contribution in [0.25, 0.3) is 22.1 Å². The predicted octanol–water partition coefficient (Wildman–Crippen LogP) is 8.99. The molecule has 6 fully saturated rings. The van der Waals surface area contributed by atoms with Crippen LogP contribution in [0.4, 0.5) is 20.2 Å². The van der Waals surface area contributed by atoms with Crippen LogP contribution in [0.2, 0.25) is 0 Å². The third kappa shape index (κ3) is 5.50. The molecule has 2 radical (unpaired) electrons. The second-order valence-corrected chi connectivity index (χ2v) is 17.3. The smallest absolute Gasteiger partial charge is 0.183 e. The van der Waals surface area contributed by atoms with Gasteiger partial charge in [0.1, 0.15) is 17.3 Å². The Morgan fingerprint density at radius 3 is 1.98 bits per heavy atom. The number of nitrogens with zero attached hydrogens (tertiary/aromatic N) is 5. The second kappa shape index (κ2) is 13.1. The molecule has 0 amide bonds. The standard InChI is InChI=1S/C43H49BF2N8/c44-54-39-9-5-7-25(39)21-40(54)43-49-33-13-11-27(20-35(33)51-43)38-15-14-37(53(38)28-22-29(45)41(30(46)23-28)52-16-2-1-3-17-52)26-10-12-32-34(19-26)50-42(48-32)36-18-24-6-4-8-31(24)47-36/h10-13,19-20,22-25,31,36-40,47H,1-9,14-18,21H2,(H,48,50)(H,49,51)/t24-,25-,31-,36-,37+,38+,39-,40-/m0/s1. The minimum atomic E-state index is -0.486. The van der Waals surface area contributed by atoms with Crippen LogP contribution in [0.5, 0.6) is 0 Å². The Kier molecular flexibility index (Phi) is 8.09. The number of anilines is 2. The van der Waals surface area contributed by atoms with E-state index in [0.29, 0.717) is 36.8 Å². The zero-order chi connectivity index (χ0) is 36.1. The summed E-state index contributed by atoms with van der Waals surface area (Å²) in [6.07, 6.45) is 14.4. The van der Waals surface area contributed by atoms with Crippen molar-refractivity contribution in [2.45, 2.75) is 120 Å². The molecule has 8 nitrogen and oxygen atoms in total. The Balaban J connectivity index is 0.946. The van der Waals surface area contributed by atoms with Crippen LogP contribution in [0.3, 0.4) is 0 Å². The second-order valence-electron chi connectivity index (χ2n) is 17.3. The third-order valence-corrected chi connectivity index (χ3v) is 14.3. The maximum Gasteiger partial charge on any atom is 0.183 e. The molecule has 4 aliphatic heterocycles. The first-order valence-corrected chi connectivity index (χ1v) is 20.8. The van der Waals surface area contributed by atoms with E-state index in [0.717, 1.165) is 102 Å². The van der Waals surface area contributed by atoms with Gasteiger partial charge in [-0.1, -0.05) is 25.0 Å². The quantitative estimate of drug-likeness (QED) is 0.152. The van der Waals surface area contributed by atoms with Crippen molar-refractivity contribution in [1.29, 1.82) is 0 Å². The molecule has 4 saturated heterocycles. The molecule has 2 aliphatic carbocycles. The monoisotopic (exact) mass is 726 g/mol. The highest BCUT2D eigenvalue weighted by Crippen LogP contribution is 2.50. The topological polar surface area (TPSA) is 79.1 Å². The summed E-state index contributed by atoms with van der Waals surface area (Å²) in [4.78, 5) is 23.6. The van der Waals surface area contributed by atoms with Gasteiger partial charge < -0.3 is 29.9 Å². The first-order chi connectivity index (χ1) is 26.4. The summed E-state index contributed by atoms with van der Waals surface area (Å²) in [5, 5.41) is 3.84. The Labute approximate surface area is 316 Å². The van der Waals surface area contributed by atoms with Crippen molar-refractivity contribution >= 4 is 41.4 Å². The lowest BCUT2D eigenvalue weighted by atomic mass is 10.0. The van der Waals surface area contributed by atoms with E-state index in [1.807, 2.05) is 9.71 Å². The minimum Gasteiger partial charge on any atom is -0.367 e. The van der Waals surface area contributed by atoms with E-state index in [4.69, 9.17) is 17.9 Å². The lowest BCUT2D eigenvalue weighted by Gasteiger charge is -2.35. The van der Waals surface area contributed by atoms with Crippen molar-refractivity contribution in [3.63, 3.8) is 0 Å². The average molecular weight is 727 g/mol. The van der Waals surface area contributed by atoms with Gasteiger partial charge >= 0.3 is 0 Å². The van der Waals surface area contributed by atoms with Gasteiger partial charge in [-0.3, -0.25) is 0 Å². The van der Waals surface area contributed by atoms with Gasteiger partial charge in [0.2, 0.25) is 0 Å². The van der Waals surface area contributed by atoms with Crippen LogP contribution in [0.1, 0.15) is 130 Å². The summed E-state index contributed by atoms with van der Waals surface area (Å²) >= 11 is 0. The Morgan fingerprint density at radius 2 is 1.30 bits per heavy atom. The highest BCUT2D eigenvalue weighted by atomic mass is 19.1. The fourth-order valence-electron chi connectivity index (χ4n) is 11.7. The van der Waals surface area contributed by atoms with E-state index < -0.39 is 11.6 Å². The summed E-state index contributed by atoms with van der Waals surface area (Å²) < 4.78 is 32.3. The van der Waals surface area contributed by atoms with E-state index in [9.17, 15) is 0 Å². The van der Waals surface area contributed by atoms with Crippen molar-refractivity contribution in [3.8, 4) is 0 Å². The van der Waals surface area contributed by atoms with Gasteiger partial charge in [-0.25, -0.2) is 18.7 Å². The fourth-order valence-corrected chi connectivity index (χ4v) is 11.7. The molecule has 3 aromatic carbocycles. The van der Waals surface area contributed by atoms with E-state index in [1.54, 1.807) is 12.1 Å². The summed E-state index contributed by atoms with van der Waals surface area (Å²) in [7, 11) is 6.66. The molecule has 278 valence electrons. The number of aromatic amines is 2. The molecule has 3 N–H and O–H groups in total. The molecule has 54 heavy (non-hydrogen) atoms. The highest BCUT2D eigenvalue weighted by molar-refractivity contribution is 6.05. The van der Waals surface area contributed by atoms with Crippen LogP contribution in [0, 0.1) is 23.5 Å². The SMILES string of the molecule is [B]N1[C@H](c2nc3ccc([C@H]4CC[C@H](c5ccc6nc([C@@H]7C[C@@H]8CCC[C@@H]8N7)[nH]c6c5)N4c4cc(F)c(N5CCCCC5)c(F)c4)cc3[nH]2)C[C@@H]2CCC[C@@H]21. The van der Waals surface area contributed by atoms with E-state index in [-0.39, 0.29) is 29.9 Å². The molecule has 0 unspecified atom stereocenters. The molecule has 6 aliphatic rings. The van der Waals surface area contributed by atoms with E-state index in [1.165, 1.54) is 32.1 Å². The van der Waals surface area contributed by atoms with E-state index in [2.05, 4.69) is 56.6 Å². The van der Waals surface area contributed by atoms with Gasteiger partial charge in [0.25, 0.3) is 0 Å². The number of benzene rings is 3. The van der Waals surface area contributed by atoms with Gasteiger partial charge in [0, 0.05) is 30.9 Å². The number of imidazole rings is 2. The van der Waals surface area contributed by atoms with Gasteiger partial charge in [-0.05, 0) is 130 Å². The Bertz CT molecular complexity index is 2180. The zero-order valence-corrected chi connectivity index (χ0v) is 30.9. The Hall–Kier alpha value is -3.96. The molecule has 0 spiro atoms. The molecule has 8 atom stereocenters. The number of nitrogens with one attached hydrogen (secondary N) is 3. The molecular formula is C43H49BF2N8. The summed E-state index contributed by atoms with van der Waals surface area (Å²) in [6.45, 7) is 1.37. The van der Waals surface area contributed by atoms with Crippen molar-refractivity contribution < 1.29 is 8.78 Å². The first-order valence-electron chi connectivity index (χ1n) is 20.8. The van der Waals surface area contributed by atoms with Crippen molar-refractivity contribution in [3.05, 3.63) is 82.9 Å². The normalized spacial score (nSPS) is 31.4. The number of hydrogen-bond donors (Lipinski definition) is 3. The maximum absolute atomic E-state index is 16.2. The molecule has 2 saturated carbocycles. The van der Waals surface area contributed by atoms with Crippen LogP contribution in [-0.4, -0.2) is 57.9 Å².